The maximum atomic E-state index is 5.13. The van der Waals surface area contributed by atoms with E-state index in [1.807, 2.05) is 12.1 Å². The van der Waals surface area contributed by atoms with Crippen molar-refractivity contribution in [3.63, 3.8) is 0 Å². The molecule has 0 N–H and O–H groups in total. The zero-order chi connectivity index (χ0) is 21.1. The molecule has 0 atom stereocenters. The fraction of sp³-hybridized carbons (Fsp3) is 0. The smallest absolute Gasteiger partial charge is 0.195 e. The minimum Gasteiger partial charge on any atom is -0.281 e. The first kappa shape index (κ1) is 17.6. The van der Waals surface area contributed by atoms with E-state index in [1.54, 1.807) is 11.3 Å². The summed E-state index contributed by atoms with van der Waals surface area (Å²) in [6, 6.07) is 35.9. The van der Waals surface area contributed by atoms with Gasteiger partial charge in [-0.2, -0.15) is 0 Å². The van der Waals surface area contributed by atoms with Gasteiger partial charge in [0.1, 0.15) is 11.0 Å². The lowest BCUT2D eigenvalue weighted by atomic mass is 10.0. The number of fused-ring (bicyclic) bond motifs is 7. The van der Waals surface area contributed by atoms with Crippen molar-refractivity contribution in [2.75, 3.05) is 0 Å². The van der Waals surface area contributed by atoms with Crippen molar-refractivity contribution >= 4 is 48.5 Å². The third-order valence-corrected chi connectivity index (χ3v) is 7.06. The maximum absolute atomic E-state index is 5.13. The number of pyridine rings is 1. The molecule has 0 spiro atoms. The van der Waals surface area contributed by atoms with Crippen LogP contribution in [0.3, 0.4) is 0 Å². The first-order valence-electron chi connectivity index (χ1n) is 10.6. The zero-order valence-corrected chi connectivity index (χ0v) is 17.9. The fourth-order valence-corrected chi connectivity index (χ4v) is 5.55. The molecule has 0 aliphatic rings. The molecule has 0 unspecified atom stereocenters. The van der Waals surface area contributed by atoms with Crippen LogP contribution in [0.4, 0.5) is 0 Å². The third kappa shape index (κ3) is 2.53. The largest absolute Gasteiger partial charge is 0.281 e. The van der Waals surface area contributed by atoms with Gasteiger partial charge in [-0.15, -0.1) is 0 Å². The van der Waals surface area contributed by atoms with Crippen LogP contribution in [0.2, 0.25) is 0 Å². The number of rotatable bonds is 2. The number of para-hydroxylation sites is 2. The number of hydrogen-bond donors (Lipinski definition) is 0. The van der Waals surface area contributed by atoms with Gasteiger partial charge in [0.2, 0.25) is 0 Å². The molecule has 0 amide bonds. The Kier molecular flexibility index (Phi) is 3.72. The number of hydrogen-bond acceptors (Lipinski definition) is 3. The summed E-state index contributed by atoms with van der Waals surface area (Å²) in [7, 11) is 0. The molecule has 0 saturated carbocycles. The predicted octanol–water partition coefficient (Wildman–Crippen LogP) is 7.58. The number of nitrogens with zero attached hydrogens (tertiary/aromatic N) is 3. The van der Waals surface area contributed by atoms with Crippen LogP contribution in [0.5, 0.6) is 0 Å². The minimum absolute atomic E-state index is 0.967. The van der Waals surface area contributed by atoms with Gasteiger partial charge >= 0.3 is 0 Å². The lowest BCUT2D eigenvalue weighted by Gasteiger charge is -2.09. The first-order valence-corrected chi connectivity index (χ1v) is 11.4. The van der Waals surface area contributed by atoms with Crippen LogP contribution < -0.4 is 0 Å². The van der Waals surface area contributed by atoms with Crippen LogP contribution >= 0.6 is 11.3 Å². The van der Waals surface area contributed by atoms with Crippen molar-refractivity contribution in [2.45, 2.75) is 0 Å². The Morgan fingerprint density at radius 3 is 2.16 bits per heavy atom. The predicted molar refractivity (Wildman–Crippen MR) is 134 cm³/mol. The Morgan fingerprint density at radius 1 is 0.594 bits per heavy atom. The summed E-state index contributed by atoms with van der Waals surface area (Å²) in [5, 5.41) is 1.09. The van der Waals surface area contributed by atoms with E-state index in [2.05, 4.69) is 95.4 Å². The number of benzene rings is 4. The molecule has 0 aliphatic carbocycles. The van der Waals surface area contributed by atoms with Crippen molar-refractivity contribution in [1.29, 1.82) is 0 Å². The van der Waals surface area contributed by atoms with E-state index >= 15 is 0 Å². The van der Waals surface area contributed by atoms with E-state index in [1.165, 1.54) is 21.3 Å². The monoisotopic (exact) mass is 427 g/mol. The first-order chi connectivity index (χ1) is 15.9. The molecule has 7 rings (SSSR count). The van der Waals surface area contributed by atoms with Crippen molar-refractivity contribution in [1.82, 2.24) is 14.4 Å². The molecule has 3 nitrogen and oxygen atoms in total. The fourth-order valence-electron chi connectivity index (χ4n) is 4.52. The van der Waals surface area contributed by atoms with Crippen LogP contribution in [0.1, 0.15) is 0 Å². The molecule has 4 heteroatoms. The summed E-state index contributed by atoms with van der Waals surface area (Å²) in [6.45, 7) is 0. The summed E-state index contributed by atoms with van der Waals surface area (Å²) in [4.78, 5) is 11.2. The summed E-state index contributed by atoms with van der Waals surface area (Å²) < 4.78 is 3.50. The molecule has 0 bridgehead atoms. The lowest BCUT2D eigenvalue weighted by Crippen LogP contribution is -1.92. The average molecular weight is 428 g/mol. The molecule has 7 aromatic rings. The van der Waals surface area contributed by atoms with Crippen LogP contribution in [0, 0.1) is 0 Å². The second-order valence-corrected chi connectivity index (χ2v) is 8.93. The van der Waals surface area contributed by atoms with Gasteiger partial charge in [0.05, 0.1) is 21.4 Å². The van der Waals surface area contributed by atoms with E-state index in [0.717, 1.165) is 38.2 Å². The van der Waals surface area contributed by atoms with Crippen LogP contribution in [0.25, 0.3) is 59.5 Å². The highest BCUT2D eigenvalue weighted by molar-refractivity contribution is 7.23. The standard InChI is InChI=1S/C28H17N3S/c1-2-8-18(9-3-1)19-14-16-20(17-15-19)25-27-26(21-10-4-5-11-22(21)29-25)30-28-31(27)23-12-6-7-13-24(23)32-28/h1-17H. The quantitative estimate of drug-likeness (QED) is 0.285. The van der Waals surface area contributed by atoms with Gasteiger partial charge in [-0.3, -0.25) is 4.40 Å². The molecular formula is C28H17N3S. The Morgan fingerprint density at radius 2 is 1.28 bits per heavy atom. The van der Waals surface area contributed by atoms with E-state index in [-0.39, 0.29) is 0 Å². The summed E-state index contributed by atoms with van der Waals surface area (Å²) in [6.07, 6.45) is 0. The van der Waals surface area contributed by atoms with Crippen molar-refractivity contribution in [2.24, 2.45) is 0 Å². The minimum atomic E-state index is 0.967. The molecule has 32 heavy (non-hydrogen) atoms. The number of thiazole rings is 1. The van der Waals surface area contributed by atoms with Gasteiger partial charge in [0.25, 0.3) is 0 Å². The average Bonchev–Trinajstić information content (AvgIpc) is 3.41. The highest BCUT2D eigenvalue weighted by Crippen LogP contribution is 2.38. The van der Waals surface area contributed by atoms with Gasteiger partial charge in [0, 0.05) is 10.9 Å². The topological polar surface area (TPSA) is 30.2 Å². The van der Waals surface area contributed by atoms with Gasteiger partial charge in [-0.1, -0.05) is 96.3 Å². The van der Waals surface area contributed by atoms with E-state index in [0.29, 0.717) is 0 Å². The molecule has 4 aromatic carbocycles. The zero-order valence-electron chi connectivity index (χ0n) is 17.1. The Hall–Kier alpha value is -4.02. The van der Waals surface area contributed by atoms with E-state index < -0.39 is 0 Å². The third-order valence-electron chi connectivity index (χ3n) is 6.04. The Balaban J connectivity index is 1.56. The summed E-state index contributed by atoms with van der Waals surface area (Å²) >= 11 is 1.72. The van der Waals surface area contributed by atoms with Gasteiger partial charge in [-0.25, -0.2) is 9.97 Å². The number of imidazole rings is 1. The van der Waals surface area contributed by atoms with E-state index in [4.69, 9.17) is 9.97 Å². The number of aromatic nitrogens is 3. The lowest BCUT2D eigenvalue weighted by molar-refractivity contribution is 1.32. The van der Waals surface area contributed by atoms with Gasteiger partial charge in [0.15, 0.2) is 4.96 Å². The molecule has 0 fully saturated rings. The highest BCUT2D eigenvalue weighted by Gasteiger charge is 2.19. The van der Waals surface area contributed by atoms with Crippen LogP contribution in [-0.2, 0) is 0 Å². The molecule has 3 heterocycles. The van der Waals surface area contributed by atoms with Gasteiger partial charge < -0.3 is 0 Å². The highest BCUT2D eigenvalue weighted by atomic mass is 32.1. The summed E-state index contributed by atoms with van der Waals surface area (Å²) in [5.41, 5.74) is 8.70. The van der Waals surface area contributed by atoms with Crippen LogP contribution in [0.15, 0.2) is 103 Å². The van der Waals surface area contributed by atoms with E-state index in [9.17, 15) is 0 Å². The van der Waals surface area contributed by atoms with Crippen LogP contribution in [-0.4, -0.2) is 14.4 Å². The molecular weight excluding hydrogens is 410 g/mol. The molecule has 0 saturated heterocycles. The molecule has 150 valence electrons. The molecule has 3 aromatic heterocycles. The SMILES string of the molecule is c1ccc(-c2ccc(-c3nc4ccccc4c4nc5sc6ccccc6n5c34)cc2)cc1. The van der Waals surface area contributed by atoms with Crippen molar-refractivity contribution in [3.05, 3.63) is 103 Å². The van der Waals surface area contributed by atoms with Crippen molar-refractivity contribution in [3.8, 4) is 22.4 Å². The normalized spacial score (nSPS) is 11.8. The summed E-state index contributed by atoms with van der Waals surface area (Å²) in [5.74, 6) is 0. The Labute approximate surface area is 188 Å². The molecule has 0 aliphatic heterocycles. The molecule has 0 radical (unpaired) electrons. The van der Waals surface area contributed by atoms with Crippen molar-refractivity contribution < 1.29 is 0 Å². The van der Waals surface area contributed by atoms with Gasteiger partial charge in [-0.05, 0) is 29.3 Å². The second kappa shape index (κ2) is 6.74. The second-order valence-electron chi connectivity index (χ2n) is 7.92. The Bertz CT molecular complexity index is 1750. The maximum Gasteiger partial charge on any atom is 0.195 e.